The van der Waals surface area contributed by atoms with Crippen LogP contribution >= 0.6 is 0 Å². The topological polar surface area (TPSA) is 87.0 Å². The third-order valence-corrected chi connectivity index (χ3v) is 3.01. The maximum Gasteiger partial charge on any atom is 0.289 e. The van der Waals surface area contributed by atoms with Gasteiger partial charge in [0.15, 0.2) is 0 Å². The van der Waals surface area contributed by atoms with Crippen LogP contribution in [0.2, 0.25) is 0 Å². The average Bonchev–Trinajstić information content (AvgIpc) is 2.27. The molecule has 1 aromatic carbocycles. The first-order chi connectivity index (χ1) is 7.88. The Morgan fingerprint density at radius 3 is 2.24 bits per heavy atom. The zero-order valence-corrected chi connectivity index (χ0v) is 10.2. The van der Waals surface area contributed by atoms with Crippen LogP contribution in [0.1, 0.15) is 6.92 Å². The molecule has 1 N–H and O–H groups in total. The summed E-state index contributed by atoms with van der Waals surface area (Å²) in [6, 6.07) is 7.85. The first-order valence-electron chi connectivity index (χ1n) is 4.66. The predicted molar refractivity (Wildman–Crippen MR) is 63.7 cm³/mol. The molecule has 0 heterocycles. The molecule has 0 radical (unpaired) electrons. The van der Waals surface area contributed by atoms with Crippen molar-refractivity contribution in [3.8, 4) is 0 Å². The molecule has 0 saturated heterocycles. The molecule has 0 atom stereocenters. The van der Waals surface area contributed by atoms with Gasteiger partial charge in [0.1, 0.15) is 5.71 Å². The van der Waals surface area contributed by atoms with Gasteiger partial charge in [-0.05, 0) is 19.1 Å². The third-order valence-electron chi connectivity index (χ3n) is 1.97. The van der Waals surface area contributed by atoms with Crippen molar-refractivity contribution in [1.82, 2.24) is 0 Å². The van der Waals surface area contributed by atoms with Crippen LogP contribution in [0.5, 0.6) is 0 Å². The van der Waals surface area contributed by atoms with Gasteiger partial charge in [0.2, 0.25) is 10.0 Å². The minimum Gasteiger partial charge on any atom is -0.410 e. The molecule has 7 heteroatoms. The number of sulfonamides is 1. The van der Waals surface area contributed by atoms with E-state index in [1.165, 1.54) is 19.1 Å². The zero-order valence-electron chi connectivity index (χ0n) is 9.36. The molecule has 0 aromatic heterocycles. The molecule has 0 aliphatic heterocycles. The van der Waals surface area contributed by atoms with Crippen molar-refractivity contribution in [3.05, 3.63) is 30.3 Å². The number of oxime groups is 1. The molecule has 92 valence electrons. The highest BCUT2D eigenvalue weighted by atomic mass is 32.2. The van der Waals surface area contributed by atoms with E-state index in [0.29, 0.717) is 4.31 Å². The van der Waals surface area contributed by atoms with Crippen molar-refractivity contribution in [2.75, 3.05) is 10.6 Å². The molecule has 0 bridgehead atoms. The lowest BCUT2D eigenvalue weighted by molar-refractivity contribution is -0.111. The zero-order chi connectivity index (χ0) is 13.1. The Hall–Kier alpha value is -1.89. The quantitative estimate of drug-likeness (QED) is 0.493. The van der Waals surface area contributed by atoms with Gasteiger partial charge < -0.3 is 5.21 Å². The lowest BCUT2D eigenvalue weighted by Crippen LogP contribution is -2.39. The molecule has 0 spiro atoms. The number of hydrogen-bond donors (Lipinski definition) is 1. The van der Waals surface area contributed by atoms with Gasteiger partial charge in [-0.15, -0.1) is 0 Å². The summed E-state index contributed by atoms with van der Waals surface area (Å²) >= 11 is 0. The summed E-state index contributed by atoms with van der Waals surface area (Å²) in [4.78, 5) is 11.8. The second kappa shape index (κ2) is 4.96. The Kier molecular flexibility index (Phi) is 3.84. The number of hydrogen-bond acceptors (Lipinski definition) is 5. The van der Waals surface area contributed by atoms with E-state index in [1.54, 1.807) is 18.2 Å². The van der Waals surface area contributed by atoms with Crippen molar-refractivity contribution in [2.24, 2.45) is 5.16 Å². The van der Waals surface area contributed by atoms with Crippen LogP contribution in [0.15, 0.2) is 35.5 Å². The van der Waals surface area contributed by atoms with Crippen molar-refractivity contribution < 1.29 is 18.4 Å². The Morgan fingerprint density at radius 2 is 1.82 bits per heavy atom. The summed E-state index contributed by atoms with van der Waals surface area (Å²) in [6.07, 6.45) is 0.905. The molecule has 1 aromatic rings. The van der Waals surface area contributed by atoms with E-state index in [0.717, 1.165) is 6.26 Å². The Bertz CT molecular complexity index is 537. The number of amides is 1. The minimum absolute atomic E-state index is 0.197. The smallest absolute Gasteiger partial charge is 0.289 e. The average molecular weight is 256 g/mol. The van der Waals surface area contributed by atoms with Gasteiger partial charge in [0.05, 0.1) is 11.9 Å². The van der Waals surface area contributed by atoms with E-state index < -0.39 is 15.9 Å². The fourth-order valence-corrected chi connectivity index (χ4v) is 2.15. The second-order valence-electron chi connectivity index (χ2n) is 3.35. The molecule has 0 aliphatic carbocycles. The molecular formula is C10H12N2O4S. The Morgan fingerprint density at radius 1 is 1.29 bits per heavy atom. The Balaban J connectivity index is 3.30. The molecule has 0 saturated carbocycles. The first kappa shape index (κ1) is 13.2. The van der Waals surface area contributed by atoms with Gasteiger partial charge in [0.25, 0.3) is 5.91 Å². The van der Waals surface area contributed by atoms with Gasteiger partial charge in [-0.3, -0.25) is 4.79 Å². The van der Waals surface area contributed by atoms with Crippen LogP contribution in [0.3, 0.4) is 0 Å². The van der Waals surface area contributed by atoms with Crippen molar-refractivity contribution in [2.45, 2.75) is 6.92 Å². The molecule has 1 rings (SSSR count). The van der Waals surface area contributed by atoms with Crippen molar-refractivity contribution in [3.63, 3.8) is 0 Å². The summed E-state index contributed by atoms with van der Waals surface area (Å²) in [5.41, 5.74) is -0.109. The fraction of sp³-hybridized carbons (Fsp3) is 0.200. The highest BCUT2D eigenvalue weighted by Gasteiger charge is 2.27. The molecule has 0 fully saturated rings. The third kappa shape index (κ3) is 3.04. The molecule has 6 nitrogen and oxygen atoms in total. The number of benzene rings is 1. The molecular weight excluding hydrogens is 244 g/mol. The summed E-state index contributed by atoms with van der Waals surface area (Å²) in [7, 11) is -3.78. The van der Waals surface area contributed by atoms with Crippen LogP contribution in [-0.2, 0) is 14.8 Å². The standard InChI is InChI=1S/C10H12N2O4S/c1-8(11-14)10(13)12(17(2,15)16)9-6-4-3-5-7-9/h3-7,14H,1-2H3. The van der Waals surface area contributed by atoms with E-state index in [4.69, 9.17) is 5.21 Å². The molecule has 0 unspecified atom stereocenters. The van der Waals surface area contributed by atoms with Gasteiger partial charge in [-0.25, -0.2) is 12.7 Å². The van der Waals surface area contributed by atoms with Crippen LogP contribution in [0.25, 0.3) is 0 Å². The van der Waals surface area contributed by atoms with Crippen LogP contribution in [-0.4, -0.2) is 31.5 Å². The van der Waals surface area contributed by atoms with Gasteiger partial charge in [-0.1, -0.05) is 23.4 Å². The number of nitrogens with zero attached hydrogens (tertiary/aromatic N) is 2. The largest absolute Gasteiger partial charge is 0.410 e. The SMILES string of the molecule is CC(=NO)C(=O)N(c1ccccc1)S(C)(=O)=O. The fourth-order valence-electron chi connectivity index (χ4n) is 1.21. The second-order valence-corrected chi connectivity index (χ2v) is 5.18. The predicted octanol–water partition coefficient (Wildman–Crippen LogP) is 0.829. The van der Waals surface area contributed by atoms with Crippen molar-refractivity contribution in [1.29, 1.82) is 0 Å². The van der Waals surface area contributed by atoms with E-state index in [9.17, 15) is 13.2 Å². The normalized spacial score (nSPS) is 12.2. The monoisotopic (exact) mass is 256 g/mol. The summed E-state index contributed by atoms with van der Waals surface area (Å²) in [6.45, 7) is 1.23. The van der Waals surface area contributed by atoms with Gasteiger partial charge in [0, 0.05) is 0 Å². The Labute approximate surface area is 99.2 Å². The van der Waals surface area contributed by atoms with E-state index in [2.05, 4.69) is 5.16 Å². The number of carbonyl (C=O) groups excluding carboxylic acids is 1. The maximum atomic E-state index is 11.8. The summed E-state index contributed by atoms with van der Waals surface area (Å²) < 4.78 is 23.7. The number of anilines is 1. The summed E-state index contributed by atoms with van der Waals surface area (Å²) in [5, 5.41) is 11.2. The highest BCUT2D eigenvalue weighted by Crippen LogP contribution is 2.17. The van der Waals surface area contributed by atoms with Crippen molar-refractivity contribution >= 4 is 27.3 Å². The maximum absolute atomic E-state index is 11.8. The van der Waals surface area contributed by atoms with Gasteiger partial charge >= 0.3 is 0 Å². The molecule has 0 aliphatic rings. The molecule has 1 amide bonds. The van der Waals surface area contributed by atoms with Crippen LogP contribution in [0, 0.1) is 0 Å². The van der Waals surface area contributed by atoms with E-state index in [-0.39, 0.29) is 11.4 Å². The number of para-hydroxylation sites is 1. The number of rotatable bonds is 3. The van der Waals surface area contributed by atoms with E-state index in [1.807, 2.05) is 0 Å². The van der Waals surface area contributed by atoms with Gasteiger partial charge in [-0.2, -0.15) is 0 Å². The van der Waals surface area contributed by atoms with E-state index >= 15 is 0 Å². The lowest BCUT2D eigenvalue weighted by Gasteiger charge is -2.19. The molecule has 17 heavy (non-hydrogen) atoms. The number of carbonyl (C=O) groups is 1. The minimum atomic E-state index is -3.78. The lowest BCUT2D eigenvalue weighted by atomic mass is 10.3. The highest BCUT2D eigenvalue weighted by molar-refractivity contribution is 7.93. The van der Waals surface area contributed by atoms with Crippen LogP contribution in [0.4, 0.5) is 5.69 Å². The first-order valence-corrected chi connectivity index (χ1v) is 6.51. The summed E-state index contributed by atoms with van der Waals surface area (Å²) in [5.74, 6) is -0.888. The van der Waals surface area contributed by atoms with Crippen LogP contribution < -0.4 is 4.31 Å².